The number of hydrogen-bond donors (Lipinski definition) is 2. The van der Waals surface area contributed by atoms with Gasteiger partial charge in [0.2, 0.25) is 0 Å². The van der Waals surface area contributed by atoms with Gasteiger partial charge in [-0.3, -0.25) is 4.79 Å². The van der Waals surface area contributed by atoms with Gasteiger partial charge in [-0.25, -0.2) is 4.79 Å². The fourth-order valence-electron chi connectivity index (χ4n) is 2.28. The van der Waals surface area contributed by atoms with Crippen LogP contribution in [0.15, 0.2) is 28.7 Å². The van der Waals surface area contributed by atoms with Gasteiger partial charge in [0.05, 0.1) is 0 Å². The van der Waals surface area contributed by atoms with Crippen molar-refractivity contribution in [2.75, 3.05) is 0 Å². The maximum absolute atomic E-state index is 12.2. The zero-order chi connectivity index (χ0) is 15.4. The maximum atomic E-state index is 12.2. The number of carboxylic acids is 1. The van der Waals surface area contributed by atoms with E-state index >= 15 is 0 Å². The number of carbonyl (C=O) groups is 2. The van der Waals surface area contributed by atoms with Gasteiger partial charge in [0.25, 0.3) is 5.91 Å². The molecule has 0 spiro atoms. The van der Waals surface area contributed by atoms with Crippen molar-refractivity contribution in [3.63, 3.8) is 0 Å². The van der Waals surface area contributed by atoms with E-state index in [2.05, 4.69) is 5.32 Å². The summed E-state index contributed by atoms with van der Waals surface area (Å²) in [5.74, 6) is -1.32. The fraction of sp³-hybridized carbons (Fsp3) is 0.375. The highest BCUT2D eigenvalue weighted by molar-refractivity contribution is 6.00. The van der Waals surface area contributed by atoms with Crippen LogP contribution in [0.4, 0.5) is 0 Å². The first-order chi connectivity index (χ1) is 10.0. The van der Waals surface area contributed by atoms with E-state index in [-0.39, 0.29) is 5.76 Å². The van der Waals surface area contributed by atoms with E-state index in [0.29, 0.717) is 12.0 Å². The van der Waals surface area contributed by atoms with E-state index in [4.69, 9.17) is 9.52 Å². The second-order valence-corrected chi connectivity index (χ2v) is 5.06. The summed E-state index contributed by atoms with van der Waals surface area (Å²) in [4.78, 5) is 23.4. The molecule has 0 fully saturated rings. The minimum Gasteiger partial charge on any atom is -0.480 e. The highest BCUT2D eigenvalue weighted by atomic mass is 16.4. The minimum absolute atomic E-state index is 0.180. The number of rotatable bonds is 6. The Morgan fingerprint density at radius 1 is 1.33 bits per heavy atom. The van der Waals surface area contributed by atoms with Crippen molar-refractivity contribution in [2.24, 2.45) is 0 Å². The molecule has 0 aliphatic rings. The first kappa shape index (κ1) is 15.1. The van der Waals surface area contributed by atoms with Crippen molar-refractivity contribution >= 4 is 22.8 Å². The number of para-hydroxylation sites is 1. The number of benzene rings is 1. The highest BCUT2D eigenvalue weighted by Crippen LogP contribution is 2.24. The molecule has 1 aromatic carbocycles. The van der Waals surface area contributed by atoms with Crippen LogP contribution in [0.2, 0.25) is 0 Å². The molecule has 0 unspecified atom stereocenters. The van der Waals surface area contributed by atoms with Crippen LogP contribution >= 0.6 is 0 Å². The number of carboxylic acid groups (broad SMARTS) is 1. The van der Waals surface area contributed by atoms with Crippen LogP contribution < -0.4 is 5.32 Å². The van der Waals surface area contributed by atoms with E-state index in [1.807, 2.05) is 25.1 Å². The molecule has 5 nitrogen and oxygen atoms in total. The Hall–Kier alpha value is -2.30. The van der Waals surface area contributed by atoms with Crippen molar-refractivity contribution in [2.45, 2.75) is 39.2 Å². The molecular formula is C16H19NO4. The van der Waals surface area contributed by atoms with Crippen LogP contribution in [0, 0.1) is 6.92 Å². The summed E-state index contributed by atoms with van der Waals surface area (Å²) in [6.45, 7) is 3.77. The molecule has 2 rings (SSSR count). The van der Waals surface area contributed by atoms with Gasteiger partial charge in [-0.05, 0) is 19.4 Å². The molecule has 0 radical (unpaired) electrons. The summed E-state index contributed by atoms with van der Waals surface area (Å²) in [7, 11) is 0. The highest BCUT2D eigenvalue weighted by Gasteiger charge is 2.24. The largest absolute Gasteiger partial charge is 0.480 e. The van der Waals surface area contributed by atoms with Gasteiger partial charge in [0, 0.05) is 10.9 Å². The Balaban J connectivity index is 2.21. The summed E-state index contributed by atoms with van der Waals surface area (Å²) in [6.07, 6.45) is 2.04. The third-order valence-corrected chi connectivity index (χ3v) is 3.50. The Bertz CT molecular complexity index is 659. The molecule has 0 bridgehead atoms. The van der Waals surface area contributed by atoms with Crippen LogP contribution in [0.25, 0.3) is 11.0 Å². The number of aryl methyl sites for hydroxylation is 1. The average molecular weight is 289 g/mol. The summed E-state index contributed by atoms with van der Waals surface area (Å²) < 4.78 is 5.54. The lowest BCUT2D eigenvalue weighted by Gasteiger charge is -2.13. The van der Waals surface area contributed by atoms with E-state index in [9.17, 15) is 9.59 Å². The normalized spacial score (nSPS) is 12.3. The molecule has 0 saturated heterocycles. The Morgan fingerprint density at radius 2 is 2.05 bits per heavy atom. The second kappa shape index (κ2) is 6.43. The summed E-state index contributed by atoms with van der Waals surface area (Å²) in [5, 5.41) is 12.6. The predicted molar refractivity (Wildman–Crippen MR) is 79.4 cm³/mol. The van der Waals surface area contributed by atoms with Gasteiger partial charge in [-0.15, -0.1) is 0 Å². The van der Waals surface area contributed by atoms with Gasteiger partial charge < -0.3 is 14.8 Å². The lowest BCUT2D eigenvalue weighted by Crippen LogP contribution is -2.40. The molecule has 0 aliphatic carbocycles. The van der Waals surface area contributed by atoms with Crippen LogP contribution in [0.3, 0.4) is 0 Å². The number of nitrogens with one attached hydrogen (secondary N) is 1. The van der Waals surface area contributed by atoms with Gasteiger partial charge in [-0.1, -0.05) is 38.0 Å². The standard InChI is InChI=1S/C16H19NO4/c1-3-4-8-12(16(19)20)17-15(18)14-10(2)11-7-5-6-9-13(11)21-14/h5-7,9,12H,3-4,8H2,1-2H3,(H,17,18)(H,19,20)/t12-/m0/s1. The lowest BCUT2D eigenvalue weighted by molar-refractivity contribution is -0.139. The lowest BCUT2D eigenvalue weighted by atomic mass is 10.1. The summed E-state index contributed by atoms with van der Waals surface area (Å²) in [5.41, 5.74) is 1.35. The molecule has 1 atom stereocenters. The Labute approximate surface area is 122 Å². The third kappa shape index (κ3) is 3.24. The quantitative estimate of drug-likeness (QED) is 0.856. The van der Waals surface area contributed by atoms with E-state index in [1.165, 1.54) is 0 Å². The van der Waals surface area contributed by atoms with Crippen molar-refractivity contribution in [1.82, 2.24) is 5.32 Å². The number of fused-ring (bicyclic) bond motifs is 1. The molecule has 0 saturated carbocycles. The average Bonchev–Trinajstić information content (AvgIpc) is 2.81. The zero-order valence-electron chi connectivity index (χ0n) is 12.2. The van der Waals surface area contributed by atoms with Crippen LogP contribution in [0.1, 0.15) is 42.3 Å². The number of carbonyl (C=O) groups excluding carboxylic acids is 1. The fourth-order valence-corrected chi connectivity index (χ4v) is 2.28. The first-order valence-corrected chi connectivity index (χ1v) is 7.06. The molecule has 112 valence electrons. The smallest absolute Gasteiger partial charge is 0.326 e. The van der Waals surface area contributed by atoms with Crippen molar-refractivity contribution in [3.05, 3.63) is 35.6 Å². The van der Waals surface area contributed by atoms with Crippen molar-refractivity contribution < 1.29 is 19.1 Å². The molecule has 21 heavy (non-hydrogen) atoms. The predicted octanol–water partition coefficient (Wildman–Crippen LogP) is 3.11. The molecule has 0 aliphatic heterocycles. The number of amides is 1. The van der Waals surface area contributed by atoms with Crippen molar-refractivity contribution in [3.8, 4) is 0 Å². The number of unbranched alkanes of at least 4 members (excludes halogenated alkanes) is 1. The van der Waals surface area contributed by atoms with Gasteiger partial charge in [-0.2, -0.15) is 0 Å². The molecule has 1 heterocycles. The first-order valence-electron chi connectivity index (χ1n) is 7.06. The second-order valence-electron chi connectivity index (χ2n) is 5.06. The topological polar surface area (TPSA) is 79.5 Å². The SMILES string of the molecule is CCCC[C@H](NC(=O)c1oc2ccccc2c1C)C(=O)O. The number of aliphatic carboxylic acids is 1. The zero-order valence-corrected chi connectivity index (χ0v) is 12.2. The number of hydrogen-bond acceptors (Lipinski definition) is 3. The molecule has 2 aromatic rings. The Kier molecular flexibility index (Phi) is 4.62. The summed E-state index contributed by atoms with van der Waals surface area (Å²) >= 11 is 0. The maximum Gasteiger partial charge on any atom is 0.326 e. The van der Waals surface area contributed by atoms with Crippen LogP contribution in [-0.2, 0) is 4.79 Å². The molecule has 2 N–H and O–H groups in total. The van der Waals surface area contributed by atoms with E-state index in [1.54, 1.807) is 13.0 Å². The van der Waals surface area contributed by atoms with Crippen LogP contribution in [0.5, 0.6) is 0 Å². The summed E-state index contributed by atoms with van der Waals surface area (Å²) in [6, 6.07) is 6.47. The molecule has 5 heteroatoms. The number of furan rings is 1. The van der Waals surface area contributed by atoms with Crippen LogP contribution in [-0.4, -0.2) is 23.0 Å². The monoisotopic (exact) mass is 289 g/mol. The van der Waals surface area contributed by atoms with Gasteiger partial charge >= 0.3 is 5.97 Å². The van der Waals surface area contributed by atoms with E-state index in [0.717, 1.165) is 23.8 Å². The third-order valence-electron chi connectivity index (χ3n) is 3.50. The molecule has 1 amide bonds. The van der Waals surface area contributed by atoms with Gasteiger partial charge in [0.15, 0.2) is 5.76 Å². The van der Waals surface area contributed by atoms with Crippen molar-refractivity contribution in [1.29, 1.82) is 0 Å². The Morgan fingerprint density at radius 3 is 2.67 bits per heavy atom. The minimum atomic E-state index is -1.02. The van der Waals surface area contributed by atoms with Gasteiger partial charge in [0.1, 0.15) is 11.6 Å². The molecular weight excluding hydrogens is 270 g/mol. The van der Waals surface area contributed by atoms with E-state index < -0.39 is 17.9 Å². The molecule has 1 aromatic heterocycles.